The Morgan fingerprint density at radius 2 is 1.84 bits per heavy atom. The van der Waals surface area contributed by atoms with Gasteiger partial charge >= 0.3 is 0 Å². The average molecular weight is 448 g/mol. The SMILES string of the molecule is CC(NCc1cccc(NC(=O)c2ccccc2Cl)c1)c1ccc(N2CCCC2=O)cc1. The van der Waals surface area contributed by atoms with Crippen LogP contribution in [0.1, 0.15) is 47.3 Å². The largest absolute Gasteiger partial charge is 0.322 e. The minimum atomic E-state index is -0.231. The Balaban J connectivity index is 1.35. The molecule has 2 amide bonds. The number of rotatable bonds is 7. The van der Waals surface area contributed by atoms with Gasteiger partial charge in [0.25, 0.3) is 5.91 Å². The van der Waals surface area contributed by atoms with Crippen LogP contribution < -0.4 is 15.5 Å². The molecule has 3 aromatic carbocycles. The van der Waals surface area contributed by atoms with E-state index >= 15 is 0 Å². The van der Waals surface area contributed by atoms with Gasteiger partial charge in [-0.2, -0.15) is 0 Å². The quantitative estimate of drug-likeness (QED) is 0.497. The summed E-state index contributed by atoms with van der Waals surface area (Å²) in [5, 5.41) is 6.86. The van der Waals surface area contributed by atoms with E-state index < -0.39 is 0 Å². The Morgan fingerprint density at radius 1 is 1.06 bits per heavy atom. The van der Waals surface area contributed by atoms with Crippen LogP contribution in [-0.4, -0.2) is 18.4 Å². The zero-order chi connectivity index (χ0) is 22.5. The number of anilines is 2. The molecule has 1 aliphatic heterocycles. The minimum absolute atomic E-state index is 0.139. The van der Waals surface area contributed by atoms with Gasteiger partial charge in [-0.3, -0.25) is 9.59 Å². The second-order valence-electron chi connectivity index (χ2n) is 7.98. The summed E-state index contributed by atoms with van der Waals surface area (Å²) in [7, 11) is 0. The van der Waals surface area contributed by atoms with Gasteiger partial charge in [0.05, 0.1) is 10.6 Å². The predicted molar refractivity (Wildman–Crippen MR) is 129 cm³/mol. The fraction of sp³-hybridized carbons (Fsp3) is 0.231. The van der Waals surface area contributed by atoms with Crippen molar-refractivity contribution in [2.45, 2.75) is 32.4 Å². The number of carbonyl (C=O) groups excluding carboxylic acids is 2. The number of benzene rings is 3. The van der Waals surface area contributed by atoms with Crippen LogP contribution >= 0.6 is 11.6 Å². The molecule has 4 rings (SSSR count). The Bertz CT molecular complexity index is 1110. The fourth-order valence-corrected chi connectivity index (χ4v) is 4.08. The van der Waals surface area contributed by atoms with Gasteiger partial charge in [-0.25, -0.2) is 0 Å². The molecule has 6 heteroatoms. The van der Waals surface area contributed by atoms with Crippen LogP contribution in [0.2, 0.25) is 5.02 Å². The van der Waals surface area contributed by atoms with Crippen LogP contribution in [-0.2, 0) is 11.3 Å². The summed E-state index contributed by atoms with van der Waals surface area (Å²) in [6.45, 7) is 3.57. The van der Waals surface area contributed by atoms with Crippen molar-refractivity contribution in [3.05, 3.63) is 94.5 Å². The summed E-state index contributed by atoms with van der Waals surface area (Å²) in [5.41, 5.74) is 4.36. The van der Waals surface area contributed by atoms with Gasteiger partial charge < -0.3 is 15.5 Å². The molecule has 164 valence electrons. The van der Waals surface area contributed by atoms with Crippen molar-refractivity contribution in [1.29, 1.82) is 0 Å². The van der Waals surface area contributed by atoms with E-state index in [-0.39, 0.29) is 17.9 Å². The molecule has 1 heterocycles. The summed E-state index contributed by atoms with van der Waals surface area (Å²) >= 11 is 6.12. The highest BCUT2D eigenvalue weighted by Crippen LogP contribution is 2.24. The molecule has 1 saturated heterocycles. The molecule has 1 atom stereocenters. The second-order valence-corrected chi connectivity index (χ2v) is 8.38. The molecule has 0 aromatic heterocycles. The fourth-order valence-electron chi connectivity index (χ4n) is 3.86. The standard InChI is InChI=1S/C26H26ClN3O2/c1-18(20-11-13-22(14-12-20)30-15-5-10-25(30)31)28-17-19-6-4-7-21(16-19)29-26(32)23-8-2-3-9-24(23)27/h2-4,6-9,11-14,16,18,28H,5,10,15,17H2,1H3,(H,29,32). The average Bonchev–Trinajstić information content (AvgIpc) is 3.24. The van der Waals surface area contributed by atoms with Crippen LogP contribution in [0.25, 0.3) is 0 Å². The molecule has 0 aliphatic carbocycles. The molecule has 32 heavy (non-hydrogen) atoms. The summed E-state index contributed by atoms with van der Waals surface area (Å²) in [5.74, 6) is -0.0314. The lowest BCUT2D eigenvalue weighted by atomic mass is 10.1. The maximum atomic E-state index is 12.5. The van der Waals surface area contributed by atoms with Crippen LogP contribution in [0.4, 0.5) is 11.4 Å². The minimum Gasteiger partial charge on any atom is -0.322 e. The van der Waals surface area contributed by atoms with Crippen molar-refractivity contribution in [3.63, 3.8) is 0 Å². The van der Waals surface area contributed by atoms with Gasteiger partial charge in [0.1, 0.15) is 0 Å². The molecule has 0 radical (unpaired) electrons. The number of nitrogens with zero attached hydrogens (tertiary/aromatic N) is 1. The molecule has 1 aliphatic rings. The molecule has 1 fully saturated rings. The monoisotopic (exact) mass is 447 g/mol. The van der Waals surface area contributed by atoms with Gasteiger partial charge in [0.15, 0.2) is 0 Å². The third kappa shape index (κ3) is 5.18. The van der Waals surface area contributed by atoms with Crippen molar-refractivity contribution >= 4 is 34.8 Å². The van der Waals surface area contributed by atoms with Crippen molar-refractivity contribution in [3.8, 4) is 0 Å². The number of carbonyl (C=O) groups is 2. The lowest BCUT2D eigenvalue weighted by Gasteiger charge is -2.18. The molecule has 1 unspecified atom stereocenters. The molecule has 0 saturated carbocycles. The van der Waals surface area contributed by atoms with Crippen molar-refractivity contribution in [2.75, 3.05) is 16.8 Å². The zero-order valence-electron chi connectivity index (χ0n) is 18.0. The molecule has 2 N–H and O–H groups in total. The van der Waals surface area contributed by atoms with Crippen LogP contribution in [0, 0.1) is 0 Å². The first kappa shape index (κ1) is 22.1. The van der Waals surface area contributed by atoms with Gasteiger partial charge in [0.2, 0.25) is 5.91 Å². The third-order valence-corrected chi connectivity index (χ3v) is 6.02. The van der Waals surface area contributed by atoms with Crippen LogP contribution in [0.15, 0.2) is 72.8 Å². The van der Waals surface area contributed by atoms with Gasteiger partial charge in [-0.1, -0.05) is 48.0 Å². The van der Waals surface area contributed by atoms with Crippen LogP contribution in [0.5, 0.6) is 0 Å². The molecule has 3 aromatic rings. The van der Waals surface area contributed by atoms with Crippen molar-refractivity contribution in [2.24, 2.45) is 0 Å². The lowest BCUT2D eigenvalue weighted by Crippen LogP contribution is -2.23. The first-order valence-electron chi connectivity index (χ1n) is 10.8. The third-order valence-electron chi connectivity index (χ3n) is 5.69. The Morgan fingerprint density at radius 3 is 2.56 bits per heavy atom. The van der Waals surface area contributed by atoms with Gasteiger partial charge in [-0.05, 0) is 60.9 Å². The van der Waals surface area contributed by atoms with E-state index in [9.17, 15) is 9.59 Å². The summed E-state index contributed by atoms with van der Waals surface area (Å²) in [6, 6.07) is 23.1. The van der Waals surface area contributed by atoms with Gasteiger partial charge in [0, 0.05) is 36.9 Å². The van der Waals surface area contributed by atoms with Gasteiger partial charge in [-0.15, -0.1) is 0 Å². The van der Waals surface area contributed by atoms with E-state index in [1.54, 1.807) is 24.3 Å². The topological polar surface area (TPSA) is 61.4 Å². The number of hydrogen-bond acceptors (Lipinski definition) is 3. The van der Waals surface area contributed by atoms with Crippen molar-refractivity contribution in [1.82, 2.24) is 5.32 Å². The molecule has 5 nitrogen and oxygen atoms in total. The second kappa shape index (κ2) is 9.98. The lowest BCUT2D eigenvalue weighted by molar-refractivity contribution is -0.117. The molecule has 0 spiro atoms. The normalized spacial score (nSPS) is 14.4. The molecular weight excluding hydrogens is 422 g/mol. The summed E-state index contributed by atoms with van der Waals surface area (Å²) in [4.78, 5) is 26.3. The first-order valence-corrected chi connectivity index (χ1v) is 11.2. The highest BCUT2D eigenvalue weighted by Gasteiger charge is 2.21. The zero-order valence-corrected chi connectivity index (χ0v) is 18.7. The van der Waals surface area contributed by atoms with E-state index in [2.05, 4.69) is 29.7 Å². The predicted octanol–water partition coefficient (Wildman–Crippen LogP) is 5.57. The maximum absolute atomic E-state index is 12.5. The number of nitrogens with one attached hydrogen (secondary N) is 2. The molecular formula is C26H26ClN3O2. The van der Waals surface area contributed by atoms with Crippen molar-refractivity contribution < 1.29 is 9.59 Å². The smallest absolute Gasteiger partial charge is 0.257 e. The number of halogens is 1. The van der Waals surface area contributed by atoms with E-state index in [0.717, 1.165) is 35.5 Å². The highest BCUT2D eigenvalue weighted by atomic mass is 35.5. The summed E-state index contributed by atoms with van der Waals surface area (Å²) < 4.78 is 0. The molecule has 0 bridgehead atoms. The van der Waals surface area contributed by atoms with E-state index in [1.165, 1.54) is 0 Å². The Labute approximate surface area is 193 Å². The maximum Gasteiger partial charge on any atom is 0.257 e. The van der Waals surface area contributed by atoms with E-state index in [1.807, 2.05) is 41.3 Å². The highest BCUT2D eigenvalue weighted by molar-refractivity contribution is 6.34. The Kier molecular flexibility index (Phi) is 6.88. The van der Waals surface area contributed by atoms with E-state index in [0.29, 0.717) is 23.6 Å². The summed E-state index contributed by atoms with van der Waals surface area (Å²) in [6.07, 6.45) is 1.56. The Hall–Kier alpha value is -3.15. The first-order chi connectivity index (χ1) is 15.5. The number of amides is 2. The number of hydrogen-bond donors (Lipinski definition) is 2. The van der Waals surface area contributed by atoms with Crippen LogP contribution in [0.3, 0.4) is 0 Å². The van der Waals surface area contributed by atoms with E-state index in [4.69, 9.17) is 11.6 Å².